The van der Waals surface area contributed by atoms with E-state index in [1.165, 1.54) is 32.3 Å². The maximum absolute atomic E-state index is 7.37. The average molecular weight is 830 g/mol. The lowest BCUT2D eigenvalue weighted by Gasteiger charge is -2.40. The second-order valence-electron chi connectivity index (χ2n) is 17.3. The van der Waals surface area contributed by atoms with Crippen molar-refractivity contribution < 1.29 is 4.74 Å². The van der Waals surface area contributed by atoms with E-state index < -0.39 is 5.41 Å². The van der Waals surface area contributed by atoms with Crippen molar-refractivity contribution in [3.05, 3.63) is 235 Å². The SMILES string of the molecule is c1cc2c(c(-n3c4ccccc4c4ccccc43)c1)C1(c3ccc(-n4c5ccccc5c5ccccc54)cc3O2)c2cccnc2-c2ncc(-n3c4ccccc4c4ccccc43)cc21. The molecule has 0 bridgehead atoms. The van der Waals surface area contributed by atoms with Crippen LogP contribution >= 0.6 is 0 Å². The van der Waals surface area contributed by atoms with Crippen LogP contribution in [0.2, 0.25) is 0 Å². The summed E-state index contributed by atoms with van der Waals surface area (Å²) in [6.07, 6.45) is 3.93. The van der Waals surface area contributed by atoms with E-state index in [0.717, 1.165) is 95.3 Å². The second-order valence-corrected chi connectivity index (χ2v) is 17.3. The van der Waals surface area contributed by atoms with Crippen molar-refractivity contribution in [3.63, 3.8) is 0 Å². The van der Waals surface area contributed by atoms with Crippen molar-refractivity contribution >= 4 is 65.4 Å². The highest BCUT2D eigenvalue weighted by Crippen LogP contribution is 2.63. The summed E-state index contributed by atoms with van der Waals surface area (Å²) in [5, 5.41) is 7.24. The Morgan fingerprint density at radius 2 is 0.846 bits per heavy atom. The topological polar surface area (TPSA) is 49.8 Å². The van der Waals surface area contributed by atoms with E-state index in [1.54, 1.807) is 0 Å². The summed E-state index contributed by atoms with van der Waals surface area (Å²) in [5.74, 6) is 1.59. The van der Waals surface area contributed by atoms with E-state index >= 15 is 0 Å². The van der Waals surface area contributed by atoms with E-state index in [2.05, 4.69) is 214 Å². The van der Waals surface area contributed by atoms with Gasteiger partial charge in [0.2, 0.25) is 0 Å². The molecule has 2 aliphatic rings. The molecule has 0 radical (unpaired) electrons. The van der Waals surface area contributed by atoms with Gasteiger partial charge in [0.1, 0.15) is 11.5 Å². The molecule has 302 valence electrons. The van der Waals surface area contributed by atoms with Crippen LogP contribution in [0.4, 0.5) is 0 Å². The molecule has 8 aromatic carbocycles. The van der Waals surface area contributed by atoms with Gasteiger partial charge in [0, 0.05) is 67.0 Å². The zero-order chi connectivity index (χ0) is 42.4. The Hall–Kier alpha value is -8.74. The van der Waals surface area contributed by atoms with Gasteiger partial charge in [-0.3, -0.25) is 9.97 Å². The molecule has 6 nitrogen and oxygen atoms in total. The van der Waals surface area contributed by atoms with Crippen LogP contribution in [0.3, 0.4) is 0 Å². The minimum atomic E-state index is -0.897. The number of benzene rings is 8. The predicted molar refractivity (Wildman–Crippen MR) is 262 cm³/mol. The van der Waals surface area contributed by atoms with Gasteiger partial charge < -0.3 is 18.4 Å². The van der Waals surface area contributed by atoms with Gasteiger partial charge in [-0.25, -0.2) is 0 Å². The molecule has 1 unspecified atom stereocenters. The van der Waals surface area contributed by atoms with Gasteiger partial charge in [-0.05, 0) is 72.3 Å². The summed E-state index contributed by atoms with van der Waals surface area (Å²) in [4.78, 5) is 10.6. The predicted octanol–water partition coefficient (Wildman–Crippen LogP) is 14.2. The van der Waals surface area contributed by atoms with Gasteiger partial charge in [-0.2, -0.15) is 0 Å². The quantitative estimate of drug-likeness (QED) is 0.178. The third-order valence-electron chi connectivity index (χ3n) is 14.2. The highest BCUT2D eigenvalue weighted by atomic mass is 16.5. The van der Waals surface area contributed by atoms with Crippen molar-refractivity contribution in [1.82, 2.24) is 23.7 Å². The van der Waals surface area contributed by atoms with Crippen LogP contribution in [-0.2, 0) is 5.41 Å². The monoisotopic (exact) mass is 829 g/mol. The Morgan fingerprint density at radius 3 is 1.40 bits per heavy atom. The number of para-hydroxylation sites is 6. The van der Waals surface area contributed by atoms with Gasteiger partial charge in [-0.15, -0.1) is 0 Å². The fourth-order valence-electron chi connectivity index (χ4n) is 11.7. The highest BCUT2D eigenvalue weighted by Gasteiger charge is 2.54. The first kappa shape index (κ1) is 34.8. The number of rotatable bonds is 3. The lowest BCUT2D eigenvalue weighted by atomic mass is 9.65. The first-order chi connectivity index (χ1) is 32.3. The molecule has 0 N–H and O–H groups in total. The van der Waals surface area contributed by atoms with Crippen LogP contribution in [0.25, 0.3) is 93.9 Å². The van der Waals surface area contributed by atoms with E-state index in [-0.39, 0.29) is 0 Å². The molecule has 65 heavy (non-hydrogen) atoms. The Bertz CT molecular complexity index is 4030. The molecule has 0 saturated heterocycles. The van der Waals surface area contributed by atoms with E-state index in [9.17, 15) is 0 Å². The number of fused-ring (bicyclic) bond motifs is 18. The molecule has 0 fully saturated rings. The van der Waals surface area contributed by atoms with Crippen LogP contribution in [0, 0.1) is 0 Å². The summed E-state index contributed by atoms with van der Waals surface area (Å²) in [6, 6.07) is 72.2. The number of ether oxygens (including phenoxy) is 1. The van der Waals surface area contributed by atoms with Crippen LogP contribution in [-0.4, -0.2) is 23.7 Å². The van der Waals surface area contributed by atoms with Crippen LogP contribution in [0.15, 0.2) is 213 Å². The average Bonchev–Trinajstić information content (AvgIpc) is 4.08. The molecule has 0 saturated carbocycles. The zero-order valence-corrected chi connectivity index (χ0v) is 34.9. The zero-order valence-electron chi connectivity index (χ0n) is 34.9. The molecular weight excluding hydrogens is 795 g/mol. The maximum atomic E-state index is 7.37. The summed E-state index contributed by atoms with van der Waals surface area (Å²) in [6.45, 7) is 0. The fraction of sp³-hybridized carbons (Fsp3) is 0.0169. The number of nitrogens with zero attached hydrogens (tertiary/aromatic N) is 5. The van der Waals surface area contributed by atoms with Crippen molar-refractivity contribution in [3.8, 4) is 39.9 Å². The van der Waals surface area contributed by atoms with Crippen LogP contribution < -0.4 is 4.74 Å². The smallest absolute Gasteiger partial charge is 0.134 e. The van der Waals surface area contributed by atoms with Gasteiger partial charge in [-0.1, -0.05) is 127 Å². The minimum absolute atomic E-state index is 0.793. The molecule has 1 spiro atoms. The van der Waals surface area contributed by atoms with E-state index in [0.29, 0.717) is 0 Å². The van der Waals surface area contributed by atoms with Crippen molar-refractivity contribution in [1.29, 1.82) is 0 Å². The van der Waals surface area contributed by atoms with Crippen molar-refractivity contribution in [2.75, 3.05) is 0 Å². The summed E-state index contributed by atoms with van der Waals surface area (Å²) in [5.41, 5.74) is 15.0. The van der Waals surface area contributed by atoms with E-state index in [1.807, 2.05) is 12.4 Å². The third kappa shape index (κ3) is 4.42. The molecule has 6 heterocycles. The fourth-order valence-corrected chi connectivity index (χ4v) is 11.7. The normalized spacial score (nSPS) is 15.0. The Kier molecular flexibility index (Phi) is 6.79. The lowest BCUT2D eigenvalue weighted by molar-refractivity contribution is 0.435. The molecular formula is C59H35N5O. The van der Waals surface area contributed by atoms with Crippen molar-refractivity contribution in [2.45, 2.75) is 5.41 Å². The molecule has 5 aromatic heterocycles. The van der Waals surface area contributed by atoms with Crippen LogP contribution in [0.5, 0.6) is 11.5 Å². The lowest BCUT2D eigenvalue weighted by Crippen LogP contribution is -2.34. The first-order valence-corrected chi connectivity index (χ1v) is 22.2. The Balaban J connectivity index is 1.09. The Labute approximate surface area is 372 Å². The number of aromatic nitrogens is 5. The molecule has 1 aliphatic heterocycles. The number of hydrogen-bond acceptors (Lipinski definition) is 3. The molecule has 15 rings (SSSR count). The molecule has 6 heteroatoms. The number of pyridine rings is 2. The summed E-state index contributed by atoms with van der Waals surface area (Å²) in [7, 11) is 0. The first-order valence-electron chi connectivity index (χ1n) is 22.2. The Morgan fingerprint density at radius 1 is 0.354 bits per heavy atom. The molecule has 13 aromatic rings. The largest absolute Gasteiger partial charge is 0.457 e. The third-order valence-corrected chi connectivity index (χ3v) is 14.2. The van der Waals surface area contributed by atoms with E-state index in [4.69, 9.17) is 14.7 Å². The van der Waals surface area contributed by atoms with Gasteiger partial charge in [0.05, 0.1) is 67.5 Å². The standard InChI is InChI=1S/C59H35N5O/c1-7-22-47-38(15-1)39-16-2-8-23-48(39)62(47)36-30-31-44-55(34-36)65-54-29-13-28-53(64-51-26-11-5-19-42(51)43-20-6-12-27-52(43)64)56(54)59(44)45-21-14-32-60-57(45)58-46(59)33-37(35-61-58)63-49-24-9-3-17-40(49)41-18-4-10-25-50(41)63/h1-35H. The summed E-state index contributed by atoms with van der Waals surface area (Å²) < 4.78 is 14.5. The molecule has 0 amide bonds. The number of hydrogen-bond donors (Lipinski definition) is 0. The minimum Gasteiger partial charge on any atom is -0.457 e. The molecule has 1 atom stereocenters. The summed E-state index contributed by atoms with van der Waals surface area (Å²) >= 11 is 0. The van der Waals surface area contributed by atoms with Gasteiger partial charge in [0.15, 0.2) is 0 Å². The highest BCUT2D eigenvalue weighted by molar-refractivity contribution is 6.11. The maximum Gasteiger partial charge on any atom is 0.134 e. The second kappa shape index (κ2) is 12.7. The van der Waals surface area contributed by atoms with Crippen LogP contribution in [0.1, 0.15) is 22.3 Å². The van der Waals surface area contributed by atoms with Gasteiger partial charge >= 0.3 is 0 Å². The van der Waals surface area contributed by atoms with Gasteiger partial charge in [0.25, 0.3) is 0 Å². The molecule has 1 aliphatic carbocycles. The van der Waals surface area contributed by atoms with Crippen molar-refractivity contribution in [2.24, 2.45) is 0 Å².